The molecule has 1 unspecified atom stereocenters. The molecule has 1 aliphatic heterocycles. The number of carboxylic acid groups (broad SMARTS) is 1. The lowest BCUT2D eigenvalue weighted by Crippen LogP contribution is -2.62. The average molecular weight is 298 g/mol. The Labute approximate surface area is 125 Å². The van der Waals surface area contributed by atoms with Crippen molar-refractivity contribution in [2.24, 2.45) is 0 Å². The van der Waals surface area contributed by atoms with Gasteiger partial charge in [-0.25, -0.2) is 9.59 Å². The normalized spacial score (nSPS) is 26.5. The number of amides is 2. The molecular formula is C15H26N2O4. The molecule has 0 aromatic heterocycles. The van der Waals surface area contributed by atoms with Gasteiger partial charge < -0.3 is 20.5 Å². The lowest BCUT2D eigenvalue weighted by atomic mass is 9.77. The van der Waals surface area contributed by atoms with Crippen molar-refractivity contribution in [3.8, 4) is 0 Å². The Kier molecular flexibility index (Phi) is 4.76. The zero-order chi connectivity index (χ0) is 15.5. The maximum Gasteiger partial charge on any atom is 0.329 e. The number of urea groups is 1. The third-order valence-electron chi connectivity index (χ3n) is 5.09. The van der Waals surface area contributed by atoms with Crippen LogP contribution in [0.5, 0.6) is 0 Å². The lowest BCUT2D eigenvalue weighted by Gasteiger charge is -2.41. The van der Waals surface area contributed by atoms with Crippen LogP contribution in [0, 0.1) is 0 Å². The molecule has 3 N–H and O–H groups in total. The minimum Gasteiger partial charge on any atom is -0.480 e. The SMILES string of the molecule is CCC1(CC)CC(NC(=O)NC2(C(=O)O)CCC2)CCO1. The molecule has 0 bridgehead atoms. The smallest absolute Gasteiger partial charge is 0.329 e. The molecule has 0 aromatic carbocycles. The maximum atomic E-state index is 12.1. The fourth-order valence-electron chi connectivity index (χ4n) is 3.26. The molecule has 1 aliphatic carbocycles. The Morgan fingerprint density at radius 2 is 1.95 bits per heavy atom. The Hall–Kier alpha value is -1.30. The summed E-state index contributed by atoms with van der Waals surface area (Å²) in [6.45, 7) is 4.83. The summed E-state index contributed by atoms with van der Waals surface area (Å²) in [5.74, 6) is -0.938. The van der Waals surface area contributed by atoms with Crippen LogP contribution in [0.1, 0.15) is 58.8 Å². The highest BCUT2D eigenvalue weighted by Crippen LogP contribution is 2.33. The summed E-state index contributed by atoms with van der Waals surface area (Å²) in [6.07, 6.45) is 5.26. The largest absolute Gasteiger partial charge is 0.480 e. The van der Waals surface area contributed by atoms with Crippen LogP contribution >= 0.6 is 0 Å². The number of hydrogen-bond acceptors (Lipinski definition) is 3. The number of carboxylic acids is 1. The fourth-order valence-corrected chi connectivity index (χ4v) is 3.26. The van der Waals surface area contributed by atoms with E-state index in [-0.39, 0.29) is 17.7 Å². The number of rotatable bonds is 5. The average Bonchev–Trinajstić information content (AvgIpc) is 2.42. The Morgan fingerprint density at radius 3 is 2.43 bits per heavy atom. The predicted octanol–water partition coefficient (Wildman–Crippen LogP) is 2.03. The van der Waals surface area contributed by atoms with Crippen molar-refractivity contribution in [3.05, 3.63) is 0 Å². The van der Waals surface area contributed by atoms with Crippen molar-refractivity contribution in [2.75, 3.05) is 6.61 Å². The first-order valence-electron chi connectivity index (χ1n) is 7.91. The van der Waals surface area contributed by atoms with E-state index in [0.29, 0.717) is 19.4 Å². The van der Waals surface area contributed by atoms with Crippen LogP contribution in [0.15, 0.2) is 0 Å². The number of aliphatic carboxylic acids is 1. The summed E-state index contributed by atoms with van der Waals surface area (Å²) < 4.78 is 5.88. The van der Waals surface area contributed by atoms with Crippen molar-refractivity contribution >= 4 is 12.0 Å². The van der Waals surface area contributed by atoms with E-state index in [1.165, 1.54) is 0 Å². The van der Waals surface area contributed by atoms with Gasteiger partial charge in [-0.15, -0.1) is 0 Å². The van der Waals surface area contributed by atoms with E-state index < -0.39 is 11.5 Å². The van der Waals surface area contributed by atoms with Gasteiger partial charge in [0.25, 0.3) is 0 Å². The van der Waals surface area contributed by atoms with Gasteiger partial charge in [-0.2, -0.15) is 0 Å². The molecule has 1 saturated carbocycles. The molecule has 1 saturated heterocycles. The fraction of sp³-hybridized carbons (Fsp3) is 0.867. The number of hydrogen-bond donors (Lipinski definition) is 3. The highest BCUT2D eigenvalue weighted by atomic mass is 16.5. The number of carbonyl (C=O) groups is 2. The summed E-state index contributed by atoms with van der Waals surface area (Å²) in [5, 5.41) is 14.8. The van der Waals surface area contributed by atoms with E-state index in [9.17, 15) is 14.7 Å². The molecule has 1 atom stereocenters. The van der Waals surface area contributed by atoms with Crippen LogP contribution in [0.4, 0.5) is 4.79 Å². The second-order valence-corrected chi connectivity index (χ2v) is 6.27. The van der Waals surface area contributed by atoms with Crippen LogP contribution in [0.3, 0.4) is 0 Å². The quantitative estimate of drug-likeness (QED) is 0.724. The van der Waals surface area contributed by atoms with Gasteiger partial charge in [-0.05, 0) is 44.9 Å². The van der Waals surface area contributed by atoms with E-state index in [1.54, 1.807) is 0 Å². The molecule has 1 heterocycles. The van der Waals surface area contributed by atoms with Crippen LogP contribution in [0.25, 0.3) is 0 Å². The third-order valence-corrected chi connectivity index (χ3v) is 5.09. The molecule has 0 aromatic rings. The monoisotopic (exact) mass is 298 g/mol. The number of carbonyl (C=O) groups excluding carboxylic acids is 1. The number of ether oxygens (including phenoxy) is 1. The second kappa shape index (κ2) is 6.22. The Balaban J connectivity index is 1.89. The standard InChI is InChI=1S/C15H26N2O4/c1-3-14(4-2)10-11(6-9-21-14)16-13(20)17-15(12(18)19)7-5-8-15/h11H,3-10H2,1-2H3,(H,18,19)(H2,16,17,20). The lowest BCUT2D eigenvalue weighted by molar-refractivity contribution is -0.148. The molecule has 2 aliphatic rings. The molecule has 2 fully saturated rings. The molecular weight excluding hydrogens is 272 g/mol. The van der Waals surface area contributed by atoms with Crippen LogP contribution < -0.4 is 10.6 Å². The summed E-state index contributed by atoms with van der Waals surface area (Å²) in [5.41, 5.74) is -1.21. The molecule has 21 heavy (non-hydrogen) atoms. The van der Waals surface area contributed by atoms with Crippen molar-refractivity contribution in [1.82, 2.24) is 10.6 Å². The highest BCUT2D eigenvalue weighted by Gasteiger charge is 2.46. The third kappa shape index (κ3) is 3.31. The summed E-state index contributed by atoms with van der Waals surface area (Å²) in [4.78, 5) is 23.3. The van der Waals surface area contributed by atoms with Gasteiger partial charge >= 0.3 is 12.0 Å². The van der Waals surface area contributed by atoms with E-state index in [0.717, 1.165) is 32.1 Å². The van der Waals surface area contributed by atoms with Gasteiger partial charge in [-0.1, -0.05) is 13.8 Å². The van der Waals surface area contributed by atoms with E-state index in [1.807, 2.05) is 0 Å². The molecule has 2 amide bonds. The summed E-state index contributed by atoms with van der Waals surface area (Å²) in [6, 6.07) is -0.324. The van der Waals surface area contributed by atoms with Crippen LogP contribution in [0.2, 0.25) is 0 Å². The van der Waals surface area contributed by atoms with E-state index in [4.69, 9.17) is 4.74 Å². The molecule has 120 valence electrons. The van der Waals surface area contributed by atoms with Gasteiger partial charge in [0.15, 0.2) is 0 Å². The molecule has 0 radical (unpaired) electrons. The Bertz CT molecular complexity index is 402. The van der Waals surface area contributed by atoms with Crippen molar-refractivity contribution in [1.29, 1.82) is 0 Å². The van der Waals surface area contributed by atoms with Gasteiger partial charge in [0.1, 0.15) is 5.54 Å². The first-order valence-corrected chi connectivity index (χ1v) is 7.91. The Morgan fingerprint density at radius 1 is 1.29 bits per heavy atom. The second-order valence-electron chi connectivity index (χ2n) is 6.27. The van der Waals surface area contributed by atoms with Crippen LogP contribution in [-0.4, -0.2) is 40.9 Å². The molecule has 0 spiro atoms. The van der Waals surface area contributed by atoms with Crippen LogP contribution in [-0.2, 0) is 9.53 Å². The molecule has 2 rings (SSSR count). The topological polar surface area (TPSA) is 87.7 Å². The van der Waals surface area contributed by atoms with Gasteiger partial charge in [-0.3, -0.25) is 0 Å². The van der Waals surface area contributed by atoms with Gasteiger partial charge in [0.2, 0.25) is 0 Å². The van der Waals surface area contributed by atoms with E-state index in [2.05, 4.69) is 24.5 Å². The van der Waals surface area contributed by atoms with Crippen molar-refractivity contribution in [2.45, 2.75) is 76.0 Å². The minimum atomic E-state index is -1.05. The summed E-state index contributed by atoms with van der Waals surface area (Å²) >= 11 is 0. The summed E-state index contributed by atoms with van der Waals surface area (Å²) in [7, 11) is 0. The predicted molar refractivity (Wildman–Crippen MR) is 78.2 cm³/mol. The number of nitrogens with one attached hydrogen (secondary N) is 2. The minimum absolute atomic E-state index is 0.0459. The molecule has 6 heteroatoms. The zero-order valence-corrected chi connectivity index (χ0v) is 12.9. The highest BCUT2D eigenvalue weighted by molar-refractivity contribution is 5.87. The van der Waals surface area contributed by atoms with E-state index >= 15 is 0 Å². The van der Waals surface area contributed by atoms with Crippen molar-refractivity contribution in [3.63, 3.8) is 0 Å². The van der Waals surface area contributed by atoms with Crippen molar-refractivity contribution < 1.29 is 19.4 Å². The zero-order valence-electron chi connectivity index (χ0n) is 12.9. The first-order chi connectivity index (χ1) is 9.95. The van der Waals surface area contributed by atoms with Gasteiger partial charge in [0.05, 0.1) is 5.60 Å². The van der Waals surface area contributed by atoms with Gasteiger partial charge in [0, 0.05) is 12.6 Å². The first kappa shape index (κ1) is 16.1. The molecule has 6 nitrogen and oxygen atoms in total. The maximum absolute atomic E-state index is 12.1.